The number of nitrogens with zero attached hydrogens (tertiary/aromatic N) is 2. The van der Waals surface area contributed by atoms with Gasteiger partial charge in [0, 0.05) is 57.3 Å². The molecule has 2 N–H and O–H groups in total. The molecular weight excluding hydrogens is 924 g/mol. The second-order valence-corrected chi connectivity index (χ2v) is 22.9. The number of benzene rings is 4. The van der Waals surface area contributed by atoms with Crippen molar-refractivity contribution in [2.75, 3.05) is 6.61 Å². The molecule has 1 radical (unpaired) electrons. The zero-order valence-electron chi connectivity index (χ0n) is 39.6. The van der Waals surface area contributed by atoms with Gasteiger partial charge in [-0.1, -0.05) is 156 Å². The van der Waals surface area contributed by atoms with Gasteiger partial charge in [0.1, 0.15) is 35.8 Å². The van der Waals surface area contributed by atoms with E-state index in [4.69, 9.17) is 28.9 Å². The van der Waals surface area contributed by atoms with E-state index in [-0.39, 0.29) is 63.4 Å². The van der Waals surface area contributed by atoms with E-state index >= 15 is 0 Å². The molecule has 4 aromatic rings. The zero-order valence-corrected chi connectivity index (χ0v) is 41.7. The first kappa shape index (κ1) is 54.8. The number of phenols is 2. The monoisotopic (exact) mass is 988 g/mol. The minimum Gasteiger partial charge on any atom is 0 e. The third-order valence-electron chi connectivity index (χ3n) is 11.1. The molecule has 8 nitrogen and oxygen atoms in total. The maximum atomic E-state index is 11.8. The van der Waals surface area contributed by atoms with E-state index in [1.807, 2.05) is 72.8 Å². The molecule has 2 heterocycles. The molecule has 365 valence electrons. The van der Waals surface area contributed by atoms with Crippen molar-refractivity contribution in [3.63, 3.8) is 0 Å². The van der Waals surface area contributed by atoms with Crippen LogP contribution in [0.3, 0.4) is 0 Å². The van der Waals surface area contributed by atoms with E-state index in [1.54, 1.807) is 12.4 Å². The summed E-state index contributed by atoms with van der Waals surface area (Å²) in [4.78, 5) is 10.5. The van der Waals surface area contributed by atoms with Gasteiger partial charge in [0.15, 0.2) is 12.6 Å². The molecule has 66 heavy (non-hydrogen) atoms. The number of halogens is 6. The molecule has 0 amide bonds. The summed E-state index contributed by atoms with van der Waals surface area (Å²) in [5.41, 5.74) is 5.97. The maximum Gasteiger partial charge on any atom is 0 e. The normalized spacial score (nSPS) is 23.0. The van der Waals surface area contributed by atoms with Crippen molar-refractivity contribution in [1.29, 1.82) is 0 Å². The molecule has 6 atom stereocenters. The molecule has 0 aromatic heterocycles. The van der Waals surface area contributed by atoms with Crippen molar-refractivity contribution in [3.8, 4) is 11.5 Å². The van der Waals surface area contributed by atoms with Gasteiger partial charge in [-0.25, -0.2) is 0 Å². The number of phenolic OH excluding ortho intramolecular Hbond substituents is 2. The Labute approximate surface area is 395 Å². The van der Waals surface area contributed by atoms with Crippen LogP contribution in [0.25, 0.3) is 0 Å². The van der Waals surface area contributed by atoms with Crippen LogP contribution in [0.1, 0.15) is 134 Å². The topological polar surface area (TPSA) is 102 Å². The average molecular weight is 989 g/mol. The maximum absolute atomic E-state index is 11.8. The van der Waals surface area contributed by atoms with Gasteiger partial charge in [0.2, 0.25) is 0 Å². The van der Waals surface area contributed by atoms with Crippen molar-refractivity contribution in [3.05, 3.63) is 129 Å². The molecule has 0 saturated carbocycles. The molecule has 2 aliphatic rings. The molecule has 16 heteroatoms. The molecule has 6 rings (SSSR count). The molecule has 2 aliphatic heterocycles. The molecule has 0 spiro atoms. The van der Waals surface area contributed by atoms with Crippen LogP contribution in [0.15, 0.2) is 94.9 Å². The third kappa shape index (κ3) is 15.6. The first-order valence-corrected chi connectivity index (χ1v) is 23.6. The first-order chi connectivity index (χ1) is 29.6. The fraction of sp³-hybridized carbons (Fsp3) is 0.480. The van der Waals surface area contributed by atoms with Crippen molar-refractivity contribution >= 4 is 20.2 Å². The number of fused-ring (bicyclic) bond motifs is 1. The predicted molar refractivity (Wildman–Crippen MR) is 247 cm³/mol. The molecular formula is C50H64F6MnN2O6P-. The molecule has 0 aliphatic carbocycles. The fourth-order valence-corrected chi connectivity index (χ4v) is 7.43. The Hall–Kier alpha value is -3.81. The Bertz CT molecular complexity index is 2330. The summed E-state index contributed by atoms with van der Waals surface area (Å²) in [6, 6.07) is 26.7. The van der Waals surface area contributed by atoms with Gasteiger partial charge < -0.3 is 29.2 Å². The average Bonchev–Trinajstić information content (AvgIpc) is 3.17. The van der Waals surface area contributed by atoms with Crippen molar-refractivity contribution < 1.29 is 71.4 Å². The minimum absolute atomic E-state index is 0. The van der Waals surface area contributed by atoms with Crippen LogP contribution in [-0.2, 0) is 64.3 Å². The van der Waals surface area contributed by atoms with Crippen LogP contribution in [0.5, 0.6) is 11.5 Å². The summed E-state index contributed by atoms with van der Waals surface area (Å²) >= 11 is 0. The smallest absolute Gasteiger partial charge is 0 e. The van der Waals surface area contributed by atoms with Crippen molar-refractivity contribution in [2.45, 2.75) is 148 Å². The van der Waals surface area contributed by atoms with E-state index in [9.17, 15) is 35.4 Å². The van der Waals surface area contributed by atoms with E-state index < -0.39 is 44.7 Å². The van der Waals surface area contributed by atoms with Gasteiger partial charge in [0.05, 0.1) is 13.2 Å². The molecule has 2 fully saturated rings. The number of rotatable bonds is 8. The van der Waals surface area contributed by atoms with Gasteiger partial charge in [-0.2, -0.15) is 0 Å². The number of aromatic hydroxyl groups is 2. The molecule has 4 unspecified atom stereocenters. The number of ether oxygens (including phenoxy) is 4. The first-order valence-electron chi connectivity index (χ1n) is 21.6. The summed E-state index contributed by atoms with van der Waals surface area (Å²) in [5, 5.41) is 23.6. The Morgan fingerprint density at radius 1 is 0.621 bits per heavy atom. The van der Waals surface area contributed by atoms with Crippen molar-refractivity contribution in [2.24, 2.45) is 9.98 Å². The predicted octanol–water partition coefficient (Wildman–Crippen LogP) is 14.0. The van der Waals surface area contributed by atoms with Gasteiger partial charge >= 0.3 is 33.0 Å². The van der Waals surface area contributed by atoms with E-state index in [0.717, 1.165) is 33.4 Å². The van der Waals surface area contributed by atoms with Crippen LogP contribution >= 0.6 is 7.81 Å². The van der Waals surface area contributed by atoms with E-state index in [1.165, 1.54) is 0 Å². The quantitative estimate of drug-likeness (QED) is 0.0789. The Kier molecular flexibility index (Phi) is 16.0. The summed E-state index contributed by atoms with van der Waals surface area (Å²) in [5.74, 6) is 0.379. The van der Waals surface area contributed by atoms with E-state index in [0.29, 0.717) is 11.1 Å². The number of hydrogen-bond acceptors (Lipinski definition) is 8. The SMILES string of the molecule is CC(C)(C)c1cc(C=N[C@@H]2C(OCc3ccccc3)OC3COC(c4ccccc4)OC3[C@H]2N=Cc2cc(C(C)(C)C)cc(C(C)(C)C)c2O)c(O)c(C(C)(C)C)c1.F[P-](F)(F)(F)(F)F.[Mn]. The summed E-state index contributed by atoms with van der Waals surface area (Å²) in [7, 11) is -10.7. The zero-order chi connectivity index (χ0) is 48.6. The van der Waals surface area contributed by atoms with Crippen LogP contribution in [0.4, 0.5) is 25.2 Å². The molecule has 4 aromatic carbocycles. The Balaban J connectivity index is 0.00000110. The summed E-state index contributed by atoms with van der Waals surface area (Å²) in [6.07, 6.45) is 0.869. The summed E-state index contributed by atoms with van der Waals surface area (Å²) in [6.45, 7) is 26.2. The standard InChI is InChI=1S/C50H64N2O6.F6P.Mn/c1-47(2,3)35-23-33(42(53)37(25-35)49(7,8)9)27-51-40-41(52-28-34-24-36(48(4,5)6)26-38(43(34)54)50(10,11)12)46(55-29-31-19-15-13-16-20-31)57-39-30-56-45(58-44(39)40)32-21-17-14-18-22-32;1-7(2,3,4,5)6;/h13-28,39-41,44-46,53-54H,29-30H2,1-12H3;;/q;-1;/t39?,40-,41-,44?,45?,46?;;/m0../s1. The minimum atomic E-state index is -10.7. The second-order valence-electron chi connectivity index (χ2n) is 20.9. The second kappa shape index (κ2) is 19.3. The van der Waals surface area contributed by atoms with Crippen LogP contribution in [0, 0.1) is 0 Å². The van der Waals surface area contributed by atoms with Gasteiger partial charge in [-0.15, -0.1) is 0 Å². The van der Waals surface area contributed by atoms with Gasteiger partial charge in [0.25, 0.3) is 0 Å². The summed E-state index contributed by atoms with van der Waals surface area (Å²) < 4.78 is 85.6. The van der Waals surface area contributed by atoms with Crippen molar-refractivity contribution in [1.82, 2.24) is 0 Å². The Morgan fingerprint density at radius 2 is 1.05 bits per heavy atom. The van der Waals surface area contributed by atoms with Gasteiger partial charge in [-0.3, -0.25) is 9.98 Å². The largest absolute Gasteiger partial charge is 0 e. The number of aliphatic imine (C=N–C) groups is 2. The number of hydrogen-bond donors (Lipinski definition) is 2. The van der Waals surface area contributed by atoms with Gasteiger partial charge in [-0.05, 0) is 50.5 Å². The van der Waals surface area contributed by atoms with E-state index in [2.05, 4.69) is 95.2 Å². The van der Waals surface area contributed by atoms with Crippen LogP contribution in [0.2, 0.25) is 0 Å². The fourth-order valence-electron chi connectivity index (χ4n) is 7.43. The Morgan fingerprint density at radius 3 is 1.47 bits per heavy atom. The molecule has 2 saturated heterocycles. The van der Waals surface area contributed by atoms with Crippen LogP contribution < -0.4 is 0 Å². The third-order valence-corrected chi connectivity index (χ3v) is 11.1. The van der Waals surface area contributed by atoms with Crippen LogP contribution in [-0.4, -0.2) is 59.8 Å². The molecule has 0 bridgehead atoms.